The average Bonchev–Trinajstić information content (AvgIpc) is 2.25. The van der Waals surface area contributed by atoms with Gasteiger partial charge >= 0.3 is 0 Å². The van der Waals surface area contributed by atoms with Gasteiger partial charge in [-0.3, -0.25) is 4.79 Å². The molecule has 3 heteroatoms. The van der Waals surface area contributed by atoms with Gasteiger partial charge in [-0.25, -0.2) is 0 Å². The largest absolute Gasteiger partial charge is 0.390 e. The number of hydrogen-bond donors (Lipinski definition) is 2. The Kier molecular flexibility index (Phi) is 1.57. The Morgan fingerprint density at radius 1 is 1.50 bits per heavy atom. The van der Waals surface area contributed by atoms with Crippen LogP contribution in [0, 0.1) is 11.3 Å². The number of carbonyl (C=O) groups excluding carboxylic acids is 1. The molecule has 0 aromatic rings. The van der Waals surface area contributed by atoms with Crippen molar-refractivity contribution in [3.8, 4) is 0 Å². The first-order valence-corrected chi connectivity index (χ1v) is 4.46. The van der Waals surface area contributed by atoms with Crippen LogP contribution in [0.2, 0.25) is 0 Å². The average molecular weight is 170 g/mol. The van der Waals surface area contributed by atoms with E-state index < -0.39 is 17.6 Å². The minimum atomic E-state index is -0.844. The predicted octanol–water partition coefficient (Wildman–Crippen LogP) is 0.0973. The first-order chi connectivity index (χ1) is 5.55. The van der Waals surface area contributed by atoms with Crippen LogP contribution >= 0.6 is 0 Å². The minimum Gasteiger partial charge on any atom is -0.390 e. The maximum absolute atomic E-state index is 11.6. The number of ketones is 1. The van der Waals surface area contributed by atoms with Crippen LogP contribution < -0.4 is 0 Å². The number of aliphatic hydroxyl groups excluding tert-OH is 2. The first kappa shape index (κ1) is 8.20. The van der Waals surface area contributed by atoms with E-state index in [4.69, 9.17) is 0 Å². The van der Waals surface area contributed by atoms with E-state index in [0.29, 0.717) is 6.42 Å². The molecule has 0 saturated heterocycles. The lowest BCUT2D eigenvalue weighted by molar-refractivity contribution is -0.148. The van der Waals surface area contributed by atoms with Gasteiger partial charge in [-0.1, -0.05) is 6.92 Å². The van der Waals surface area contributed by atoms with Crippen LogP contribution in [0.3, 0.4) is 0 Å². The zero-order valence-corrected chi connectivity index (χ0v) is 7.16. The van der Waals surface area contributed by atoms with Gasteiger partial charge < -0.3 is 10.2 Å². The van der Waals surface area contributed by atoms with Gasteiger partial charge in [-0.05, 0) is 19.3 Å². The lowest BCUT2D eigenvalue weighted by Crippen LogP contribution is -2.49. The molecule has 0 aromatic heterocycles. The SMILES string of the molecule is CC12CCC(CC(O)C1O)C2=O. The number of rotatable bonds is 0. The van der Waals surface area contributed by atoms with Crippen LogP contribution in [0.4, 0.5) is 0 Å². The van der Waals surface area contributed by atoms with Crippen LogP contribution in [-0.4, -0.2) is 28.2 Å². The summed E-state index contributed by atoms with van der Waals surface area (Å²) in [5, 5.41) is 19.1. The molecule has 0 aromatic carbocycles. The highest BCUT2D eigenvalue weighted by Crippen LogP contribution is 2.48. The Bertz CT molecular complexity index is 226. The van der Waals surface area contributed by atoms with Crippen molar-refractivity contribution in [2.24, 2.45) is 11.3 Å². The summed E-state index contributed by atoms with van der Waals surface area (Å²) in [7, 11) is 0. The molecule has 2 fully saturated rings. The van der Waals surface area contributed by atoms with Crippen molar-refractivity contribution in [2.45, 2.75) is 38.4 Å². The molecule has 2 aliphatic carbocycles. The summed E-state index contributed by atoms with van der Waals surface area (Å²) in [5.41, 5.74) is -0.650. The summed E-state index contributed by atoms with van der Waals surface area (Å²) in [6.07, 6.45) is 0.484. The Morgan fingerprint density at radius 3 is 2.83 bits per heavy atom. The third-order valence-electron chi connectivity index (χ3n) is 3.49. The molecule has 4 unspecified atom stereocenters. The second-order valence-corrected chi connectivity index (χ2v) is 4.27. The van der Waals surface area contributed by atoms with Crippen molar-refractivity contribution in [2.75, 3.05) is 0 Å². The Hall–Kier alpha value is -0.410. The molecule has 3 nitrogen and oxygen atoms in total. The van der Waals surface area contributed by atoms with Crippen LogP contribution in [-0.2, 0) is 4.79 Å². The third-order valence-corrected chi connectivity index (χ3v) is 3.49. The van der Waals surface area contributed by atoms with Crippen molar-refractivity contribution in [1.82, 2.24) is 0 Å². The van der Waals surface area contributed by atoms with E-state index in [9.17, 15) is 15.0 Å². The summed E-state index contributed by atoms with van der Waals surface area (Å²) < 4.78 is 0. The van der Waals surface area contributed by atoms with Gasteiger partial charge in [0.1, 0.15) is 5.78 Å². The van der Waals surface area contributed by atoms with Gasteiger partial charge in [-0.15, -0.1) is 0 Å². The van der Waals surface area contributed by atoms with Gasteiger partial charge in [0, 0.05) is 5.92 Å². The van der Waals surface area contributed by atoms with Gasteiger partial charge in [0.2, 0.25) is 0 Å². The number of carbonyl (C=O) groups is 1. The fourth-order valence-corrected chi connectivity index (χ4v) is 2.56. The van der Waals surface area contributed by atoms with Gasteiger partial charge in [0.15, 0.2) is 0 Å². The molecule has 2 N–H and O–H groups in total. The smallest absolute Gasteiger partial charge is 0.144 e. The molecular formula is C9H14O3. The van der Waals surface area contributed by atoms with Crippen molar-refractivity contribution >= 4 is 5.78 Å². The topological polar surface area (TPSA) is 57.5 Å². The second kappa shape index (κ2) is 2.30. The fraction of sp³-hybridized carbons (Fsp3) is 0.889. The predicted molar refractivity (Wildman–Crippen MR) is 42.5 cm³/mol. The molecule has 0 radical (unpaired) electrons. The number of hydrogen-bond acceptors (Lipinski definition) is 3. The fourth-order valence-electron chi connectivity index (χ4n) is 2.56. The van der Waals surface area contributed by atoms with Crippen LogP contribution in [0.15, 0.2) is 0 Å². The van der Waals surface area contributed by atoms with Crippen molar-refractivity contribution in [3.05, 3.63) is 0 Å². The van der Waals surface area contributed by atoms with Gasteiger partial charge in [0.25, 0.3) is 0 Å². The standard InChI is InChI=1S/C9H14O3/c1-9-3-2-5(7(9)11)4-6(10)8(9)12/h5-6,8,10,12H,2-4H2,1H3. The summed E-state index contributed by atoms with van der Waals surface area (Å²) >= 11 is 0. The summed E-state index contributed by atoms with van der Waals surface area (Å²) in [6.45, 7) is 1.77. The number of Topliss-reactive ketones (excluding diaryl/α,β-unsaturated/α-hetero) is 1. The molecular weight excluding hydrogens is 156 g/mol. The molecule has 0 spiro atoms. The van der Waals surface area contributed by atoms with E-state index in [0.717, 1.165) is 12.8 Å². The van der Waals surface area contributed by atoms with E-state index in [2.05, 4.69) is 0 Å². The van der Waals surface area contributed by atoms with Crippen molar-refractivity contribution < 1.29 is 15.0 Å². The summed E-state index contributed by atoms with van der Waals surface area (Å²) in [5.74, 6) is 0.161. The van der Waals surface area contributed by atoms with Crippen LogP contribution in [0.1, 0.15) is 26.2 Å². The monoisotopic (exact) mass is 170 g/mol. The zero-order chi connectivity index (χ0) is 8.93. The first-order valence-electron chi connectivity index (χ1n) is 4.46. The Balaban J connectivity index is 2.35. The molecule has 2 saturated carbocycles. The Morgan fingerprint density at radius 2 is 2.17 bits per heavy atom. The molecule has 0 amide bonds. The number of aliphatic hydroxyl groups is 2. The molecule has 4 atom stereocenters. The minimum absolute atomic E-state index is 0.00778. The van der Waals surface area contributed by atoms with Gasteiger partial charge in [0.05, 0.1) is 17.6 Å². The van der Waals surface area contributed by atoms with E-state index in [1.807, 2.05) is 0 Å². The van der Waals surface area contributed by atoms with Crippen molar-refractivity contribution in [3.63, 3.8) is 0 Å². The summed E-state index contributed by atoms with van der Waals surface area (Å²) in [6, 6.07) is 0. The van der Waals surface area contributed by atoms with Crippen molar-refractivity contribution in [1.29, 1.82) is 0 Å². The maximum Gasteiger partial charge on any atom is 0.144 e. The van der Waals surface area contributed by atoms with E-state index in [-0.39, 0.29) is 11.7 Å². The molecule has 2 rings (SSSR count). The molecule has 12 heavy (non-hydrogen) atoms. The highest BCUT2D eigenvalue weighted by molar-refractivity contribution is 5.90. The molecule has 2 bridgehead atoms. The number of fused-ring (bicyclic) bond motifs is 2. The van der Waals surface area contributed by atoms with Crippen LogP contribution in [0.25, 0.3) is 0 Å². The molecule has 0 heterocycles. The summed E-state index contributed by atoms with van der Waals surface area (Å²) in [4.78, 5) is 11.6. The van der Waals surface area contributed by atoms with Crippen LogP contribution in [0.5, 0.6) is 0 Å². The van der Waals surface area contributed by atoms with E-state index in [1.54, 1.807) is 6.92 Å². The van der Waals surface area contributed by atoms with E-state index >= 15 is 0 Å². The van der Waals surface area contributed by atoms with Gasteiger partial charge in [-0.2, -0.15) is 0 Å². The normalized spacial score (nSPS) is 52.9. The molecule has 0 aliphatic heterocycles. The highest BCUT2D eigenvalue weighted by atomic mass is 16.3. The van der Waals surface area contributed by atoms with E-state index in [1.165, 1.54) is 0 Å². The molecule has 68 valence electrons. The Labute approximate surface area is 71.4 Å². The third kappa shape index (κ3) is 0.808. The lowest BCUT2D eigenvalue weighted by atomic mass is 9.72. The lowest BCUT2D eigenvalue weighted by Gasteiger charge is -2.36. The maximum atomic E-state index is 11.6. The second-order valence-electron chi connectivity index (χ2n) is 4.27. The quantitative estimate of drug-likeness (QED) is 0.542. The highest BCUT2D eigenvalue weighted by Gasteiger charge is 2.55. The molecule has 2 aliphatic rings. The zero-order valence-electron chi connectivity index (χ0n) is 7.16.